The van der Waals surface area contributed by atoms with E-state index in [4.69, 9.17) is 0 Å². The third-order valence-electron chi connectivity index (χ3n) is 5.25. The molecule has 9 nitrogen and oxygen atoms in total. The number of aromatic nitrogens is 4. The minimum atomic E-state index is -0.634. The maximum atomic E-state index is 12.8. The third-order valence-corrected chi connectivity index (χ3v) is 5.25. The molecule has 0 bridgehead atoms. The fourth-order valence-electron chi connectivity index (χ4n) is 3.82. The van der Waals surface area contributed by atoms with Crippen molar-refractivity contribution in [3.05, 3.63) is 59.7 Å². The lowest BCUT2D eigenvalue weighted by Crippen LogP contribution is -2.52. The average Bonchev–Trinajstić information content (AvgIpc) is 3.34. The van der Waals surface area contributed by atoms with E-state index in [1.54, 1.807) is 16.8 Å². The summed E-state index contributed by atoms with van der Waals surface area (Å²) in [7, 11) is 0. The first-order valence-corrected chi connectivity index (χ1v) is 9.23. The molecule has 1 aromatic heterocycles. The first-order valence-electron chi connectivity index (χ1n) is 9.23. The topological polar surface area (TPSA) is 110 Å². The number of benzene rings is 2. The number of amides is 3. The fourth-order valence-corrected chi connectivity index (χ4v) is 3.82. The largest absolute Gasteiger partial charge is 0.322 e. The van der Waals surface area contributed by atoms with Crippen LogP contribution in [0.5, 0.6) is 0 Å². The maximum absolute atomic E-state index is 12.8. The Hall–Kier alpha value is -3.88. The normalized spacial score (nSPS) is 18.7. The van der Waals surface area contributed by atoms with Gasteiger partial charge in [-0.2, -0.15) is 4.68 Å². The molecule has 3 aromatic rings. The molecule has 144 valence electrons. The van der Waals surface area contributed by atoms with Gasteiger partial charge in [-0.15, -0.1) is 5.10 Å². The van der Waals surface area contributed by atoms with E-state index in [2.05, 4.69) is 20.8 Å². The maximum Gasteiger partial charge on any atom is 0.255 e. The number of hydrogen-bond acceptors (Lipinski definition) is 6. The van der Waals surface area contributed by atoms with E-state index in [0.717, 1.165) is 16.8 Å². The van der Waals surface area contributed by atoms with Crippen molar-refractivity contribution in [1.82, 2.24) is 30.4 Å². The number of nitrogens with zero attached hydrogens (tertiary/aromatic N) is 5. The highest BCUT2D eigenvalue weighted by Gasteiger charge is 2.39. The lowest BCUT2D eigenvalue weighted by atomic mass is 10.0. The molecule has 2 aliphatic rings. The van der Waals surface area contributed by atoms with E-state index in [9.17, 15) is 14.4 Å². The molecule has 3 heterocycles. The molecule has 0 radical (unpaired) electrons. The second-order valence-electron chi connectivity index (χ2n) is 7.02. The second kappa shape index (κ2) is 6.62. The Kier molecular flexibility index (Phi) is 3.94. The van der Waals surface area contributed by atoms with Crippen molar-refractivity contribution in [1.29, 1.82) is 0 Å². The van der Waals surface area contributed by atoms with Gasteiger partial charge in [-0.25, -0.2) is 0 Å². The number of fused-ring (bicyclic) bond motifs is 1. The van der Waals surface area contributed by atoms with Gasteiger partial charge in [0.1, 0.15) is 6.04 Å². The highest BCUT2D eigenvalue weighted by molar-refractivity contribution is 6.05. The molecule has 9 heteroatoms. The van der Waals surface area contributed by atoms with Crippen LogP contribution < -0.4 is 5.32 Å². The average molecular weight is 388 g/mol. The van der Waals surface area contributed by atoms with Crippen LogP contribution in [0, 0.1) is 0 Å². The molecule has 2 aromatic carbocycles. The molecule has 1 fully saturated rings. The van der Waals surface area contributed by atoms with Crippen LogP contribution in [-0.2, 0) is 16.1 Å². The van der Waals surface area contributed by atoms with Gasteiger partial charge < -0.3 is 4.90 Å². The summed E-state index contributed by atoms with van der Waals surface area (Å²) in [5.74, 6) is -0.365. The molecule has 0 saturated carbocycles. The molecule has 1 saturated heterocycles. The van der Waals surface area contributed by atoms with Gasteiger partial charge >= 0.3 is 0 Å². The molecule has 3 amide bonds. The number of carbonyl (C=O) groups is 3. The summed E-state index contributed by atoms with van der Waals surface area (Å²) >= 11 is 0. The SMILES string of the molecule is O=C1CCC(N2Cc3cc(-c4nnnn4-c4ccccc4)ccc3C2=O)C(=O)N1. The summed E-state index contributed by atoms with van der Waals surface area (Å²) in [6.45, 7) is 0.307. The molecular formula is C20H16N6O3. The number of para-hydroxylation sites is 1. The highest BCUT2D eigenvalue weighted by Crippen LogP contribution is 2.31. The van der Waals surface area contributed by atoms with Crippen LogP contribution in [-0.4, -0.2) is 48.9 Å². The van der Waals surface area contributed by atoms with Crippen molar-refractivity contribution in [3.8, 4) is 17.1 Å². The molecule has 5 rings (SSSR count). The highest BCUT2D eigenvalue weighted by atomic mass is 16.2. The number of imide groups is 1. The molecule has 0 aliphatic carbocycles. The quantitative estimate of drug-likeness (QED) is 0.673. The zero-order chi connectivity index (χ0) is 20.0. The smallest absolute Gasteiger partial charge is 0.255 e. The Morgan fingerprint density at radius 3 is 2.66 bits per heavy atom. The van der Waals surface area contributed by atoms with Crippen LogP contribution in [0.1, 0.15) is 28.8 Å². The van der Waals surface area contributed by atoms with Crippen molar-refractivity contribution in [2.45, 2.75) is 25.4 Å². The van der Waals surface area contributed by atoms with E-state index in [1.807, 2.05) is 36.4 Å². The van der Waals surface area contributed by atoms with Gasteiger partial charge in [-0.3, -0.25) is 19.7 Å². The molecular weight excluding hydrogens is 372 g/mol. The van der Waals surface area contributed by atoms with Crippen LogP contribution in [0.3, 0.4) is 0 Å². The van der Waals surface area contributed by atoms with Crippen molar-refractivity contribution in [2.24, 2.45) is 0 Å². The van der Waals surface area contributed by atoms with E-state index < -0.39 is 11.9 Å². The Morgan fingerprint density at radius 2 is 1.86 bits per heavy atom. The lowest BCUT2D eigenvalue weighted by molar-refractivity contribution is -0.136. The summed E-state index contributed by atoms with van der Waals surface area (Å²) < 4.78 is 1.64. The molecule has 1 N–H and O–H groups in total. The zero-order valence-corrected chi connectivity index (χ0v) is 15.3. The minimum Gasteiger partial charge on any atom is -0.322 e. The van der Waals surface area contributed by atoms with E-state index >= 15 is 0 Å². The van der Waals surface area contributed by atoms with Gasteiger partial charge in [-0.05, 0) is 46.7 Å². The monoisotopic (exact) mass is 388 g/mol. The van der Waals surface area contributed by atoms with Crippen molar-refractivity contribution >= 4 is 17.7 Å². The number of piperidine rings is 1. The number of hydrogen-bond donors (Lipinski definition) is 1. The van der Waals surface area contributed by atoms with Crippen LogP contribution in [0.15, 0.2) is 48.5 Å². The summed E-state index contributed by atoms with van der Waals surface area (Å²) in [5.41, 5.74) is 2.96. The van der Waals surface area contributed by atoms with Crippen LogP contribution in [0.4, 0.5) is 0 Å². The predicted octanol–water partition coefficient (Wildman–Crippen LogP) is 1.09. The predicted molar refractivity (Wildman–Crippen MR) is 101 cm³/mol. The van der Waals surface area contributed by atoms with Gasteiger partial charge in [0.05, 0.1) is 5.69 Å². The van der Waals surface area contributed by atoms with Gasteiger partial charge in [0, 0.05) is 24.1 Å². The lowest BCUT2D eigenvalue weighted by Gasteiger charge is -2.29. The first-order chi connectivity index (χ1) is 14.1. The van der Waals surface area contributed by atoms with E-state index in [1.165, 1.54) is 4.90 Å². The molecule has 0 spiro atoms. The minimum absolute atomic E-state index is 0.205. The van der Waals surface area contributed by atoms with Crippen LogP contribution in [0.25, 0.3) is 17.1 Å². The van der Waals surface area contributed by atoms with Gasteiger partial charge in [0.25, 0.3) is 5.91 Å². The Bertz CT molecular complexity index is 1140. The van der Waals surface area contributed by atoms with Crippen LogP contribution >= 0.6 is 0 Å². The van der Waals surface area contributed by atoms with Gasteiger partial charge in [0.2, 0.25) is 11.8 Å². The number of tetrazole rings is 1. The summed E-state index contributed by atoms with van der Waals surface area (Å²) in [6, 6.07) is 14.3. The van der Waals surface area contributed by atoms with E-state index in [-0.39, 0.29) is 18.2 Å². The summed E-state index contributed by atoms with van der Waals surface area (Å²) in [5, 5.41) is 14.3. The van der Waals surface area contributed by atoms with Gasteiger partial charge in [-0.1, -0.05) is 24.3 Å². The molecule has 1 atom stereocenters. The van der Waals surface area contributed by atoms with Crippen LogP contribution in [0.2, 0.25) is 0 Å². The number of nitrogens with one attached hydrogen (secondary N) is 1. The Morgan fingerprint density at radius 1 is 1.03 bits per heavy atom. The van der Waals surface area contributed by atoms with Crippen molar-refractivity contribution in [3.63, 3.8) is 0 Å². The summed E-state index contributed by atoms with van der Waals surface area (Å²) in [4.78, 5) is 37.9. The van der Waals surface area contributed by atoms with Gasteiger partial charge in [0.15, 0.2) is 5.82 Å². The van der Waals surface area contributed by atoms with E-state index in [0.29, 0.717) is 24.4 Å². The molecule has 29 heavy (non-hydrogen) atoms. The number of carbonyl (C=O) groups excluding carboxylic acids is 3. The first kappa shape index (κ1) is 17.2. The Labute approximate surface area is 165 Å². The second-order valence-corrected chi connectivity index (χ2v) is 7.02. The number of rotatable bonds is 3. The Balaban J connectivity index is 1.47. The zero-order valence-electron chi connectivity index (χ0n) is 15.3. The standard InChI is InChI=1S/C20H16N6O3/c27-17-9-8-16(19(28)21-17)25-11-13-10-12(6-7-15(13)20(25)29)18-22-23-24-26(18)14-4-2-1-3-5-14/h1-7,10,16H,8-9,11H2,(H,21,27,28). The molecule has 2 aliphatic heterocycles. The van der Waals surface area contributed by atoms with Crippen molar-refractivity contribution < 1.29 is 14.4 Å². The van der Waals surface area contributed by atoms with Crippen molar-refractivity contribution in [2.75, 3.05) is 0 Å². The summed E-state index contributed by atoms with van der Waals surface area (Å²) in [6.07, 6.45) is 0.567. The third kappa shape index (κ3) is 2.87. The molecule has 1 unspecified atom stereocenters. The fraction of sp³-hybridized carbons (Fsp3) is 0.200.